The maximum atomic E-state index is 13.0. The average Bonchev–Trinajstić information content (AvgIpc) is 2.31. The van der Waals surface area contributed by atoms with Crippen LogP contribution in [0.1, 0.15) is 0 Å². The molecule has 0 atom stereocenters. The van der Waals surface area contributed by atoms with E-state index >= 15 is 0 Å². The first-order valence-electron chi connectivity index (χ1n) is 5.43. The number of benzene rings is 2. The van der Waals surface area contributed by atoms with E-state index in [1.165, 1.54) is 18.2 Å². The van der Waals surface area contributed by atoms with Crippen LogP contribution in [0.15, 0.2) is 40.9 Å². The van der Waals surface area contributed by atoms with E-state index < -0.39 is 17.5 Å². The van der Waals surface area contributed by atoms with Crippen LogP contribution in [0.3, 0.4) is 0 Å². The molecule has 0 amide bonds. The van der Waals surface area contributed by atoms with Crippen LogP contribution in [0.5, 0.6) is 0 Å². The summed E-state index contributed by atoms with van der Waals surface area (Å²) < 4.78 is 39.5. The van der Waals surface area contributed by atoms with Gasteiger partial charge in [-0.1, -0.05) is 0 Å². The van der Waals surface area contributed by atoms with Gasteiger partial charge in [0.05, 0.1) is 5.69 Å². The van der Waals surface area contributed by atoms with Gasteiger partial charge in [0, 0.05) is 16.2 Å². The molecular weight excluding hydrogens is 353 g/mol. The van der Waals surface area contributed by atoms with Gasteiger partial charge < -0.3 is 10.6 Å². The Labute approximate surface area is 127 Å². The summed E-state index contributed by atoms with van der Waals surface area (Å²) in [6.45, 7) is 0. The second kappa shape index (κ2) is 6.23. The number of nitrogens with one attached hydrogen (secondary N) is 2. The fourth-order valence-electron chi connectivity index (χ4n) is 1.50. The quantitative estimate of drug-likeness (QED) is 0.760. The highest BCUT2D eigenvalue weighted by molar-refractivity contribution is 9.10. The van der Waals surface area contributed by atoms with Crippen molar-refractivity contribution in [1.29, 1.82) is 0 Å². The molecule has 0 unspecified atom stereocenters. The Balaban J connectivity index is 2.09. The van der Waals surface area contributed by atoms with Gasteiger partial charge in [0.1, 0.15) is 17.5 Å². The molecule has 0 aromatic heterocycles. The van der Waals surface area contributed by atoms with Gasteiger partial charge in [0.15, 0.2) is 5.11 Å². The minimum atomic E-state index is -0.710. The smallest absolute Gasteiger partial charge is 0.175 e. The Morgan fingerprint density at radius 1 is 0.900 bits per heavy atom. The van der Waals surface area contributed by atoms with Gasteiger partial charge in [-0.2, -0.15) is 0 Å². The van der Waals surface area contributed by atoms with Crippen molar-refractivity contribution < 1.29 is 13.2 Å². The van der Waals surface area contributed by atoms with Crippen LogP contribution < -0.4 is 10.6 Å². The molecule has 20 heavy (non-hydrogen) atoms. The summed E-state index contributed by atoms with van der Waals surface area (Å²) >= 11 is 8.19. The molecule has 7 heteroatoms. The number of hydrogen-bond acceptors (Lipinski definition) is 1. The highest BCUT2D eigenvalue weighted by atomic mass is 79.9. The summed E-state index contributed by atoms with van der Waals surface area (Å²) in [6, 6.07) is 7.00. The number of rotatable bonds is 2. The van der Waals surface area contributed by atoms with Crippen molar-refractivity contribution in [2.24, 2.45) is 0 Å². The molecule has 0 aliphatic heterocycles. The number of hydrogen-bond donors (Lipinski definition) is 2. The van der Waals surface area contributed by atoms with Gasteiger partial charge in [0.2, 0.25) is 0 Å². The van der Waals surface area contributed by atoms with E-state index in [0.717, 1.165) is 18.2 Å². The van der Waals surface area contributed by atoms with Crippen molar-refractivity contribution >= 4 is 44.6 Å². The molecule has 0 saturated carbocycles. The maximum Gasteiger partial charge on any atom is 0.175 e. The fourth-order valence-corrected chi connectivity index (χ4v) is 2.18. The molecule has 2 nitrogen and oxygen atoms in total. The lowest BCUT2D eigenvalue weighted by Crippen LogP contribution is -2.19. The molecule has 0 aliphatic rings. The molecule has 0 bridgehead atoms. The number of anilines is 2. The Morgan fingerprint density at radius 2 is 1.55 bits per heavy atom. The number of thiocarbonyl (C=S) groups is 1. The molecule has 0 spiro atoms. The van der Waals surface area contributed by atoms with Crippen LogP contribution in [0.25, 0.3) is 0 Å². The van der Waals surface area contributed by atoms with Crippen molar-refractivity contribution in [3.8, 4) is 0 Å². The van der Waals surface area contributed by atoms with Crippen molar-refractivity contribution in [2.45, 2.75) is 0 Å². The van der Waals surface area contributed by atoms with Crippen molar-refractivity contribution in [2.75, 3.05) is 10.6 Å². The van der Waals surface area contributed by atoms with E-state index in [9.17, 15) is 13.2 Å². The van der Waals surface area contributed by atoms with E-state index in [1.807, 2.05) is 0 Å². The Hall–Kier alpha value is -1.60. The molecule has 0 saturated heterocycles. The Kier molecular flexibility index (Phi) is 4.61. The zero-order chi connectivity index (χ0) is 14.7. The van der Waals surface area contributed by atoms with Crippen LogP contribution in [-0.2, 0) is 0 Å². The van der Waals surface area contributed by atoms with E-state index in [2.05, 4.69) is 26.6 Å². The van der Waals surface area contributed by atoms with E-state index in [1.54, 1.807) is 0 Å². The van der Waals surface area contributed by atoms with Gasteiger partial charge in [-0.25, -0.2) is 13.2 Å². The summed E-state index contributed by atoms with van der Waals surface area (Å²) in [5.41, 5.74) is 0.707. The predicted octanol–water partition coefficient (Wildman–Crippen LogP) is 4.68. The van der Waals surface area contributed by atoms with E-state index in [0.29, 0.717) is 10.2 Å². The van der Waals surface area contributed by atoms with Crippen LogP contribution in [0, 0.1) is 17.5 Å². The van der Waals surface area contributed by atoms with E-state index in [4.69, 9.17) is 12.2 Å². The van der Waals surface area contributed by atoms with Gasteiger partial charge in [-0.05, 0) is 58.5 Å². The summed E-state index contributed by atoms with van der Waals surface area (Å²) in [4.78, 5) is 0. The molecule has 104 valence electrons. The first kappa shape index (κ1) is 14.8. The van der Waals surface area contributed by atoms with Crippen LogP contribution in [-0.4, -0.2) is 5.11 Å². The summed E-state index contributed by atoms with van der Waals surface area (Å²) in [7, 11) is 0. The molecule has 2 N–H and O–H groups in total. The molecule has 2 aromatic carbocycles. The maximum absolute atomic E-state index is 13.0. The number of halogens is 4. The first-order chi connectivity index (χ1) is 9.44. The van der Waals surface area contributed by atoms with Gasteiger partial charge in [-0.15, -0.1) is 0 Å². The molecular formula is C13H8BrF3N2S. The normalized spacial score (nSPS) is 10.2. The van der Waals surface area contributed by atoms with Crippen LogP contribution in [0.2, 0.25) is 0 Å². The van der Waals surface area contributed by atoms with Crippen molar-refractivity contribution in [1.82, 2.24) is 0 Å². The van der Waals surface area contributed by atoms with Gasteiger partial charge in [0.25, 0.3) is 0 Å². The van der Waals surface area contributed by atoms with Gasteiger partial charge >= 0.3 is 0 Å². The molecule has 0 fully saturated rings. The minimum Gasteiger partial charge on any atom is -0.332 e. The third-order valence-electron chi connectivity index (χ3n) is 2.30. The topological polar surface area (TPSA) is 24.1 Å². The first-order valence-corrected chi connectivity index (χ1v) is 6.63. The zero-order valence-corrected chi connectivity index (χ0v) is 12.3. The van der Waals surface area contributed by atoms with Crippen molar-refractivity contribution in [3.05, 3.63) is 58.3 Å². The second-order valence-electron chi connectivity index (χ2n) is 3.86. The summed E-state index contributed by atoms with van der Waals surface area (Å²) in [5, 5.41) is 5.55. The molecule has 2 aromatic rings. The summed E-state index contributed by atoms with van der Waals surface area (Å²) in [5.74, 6) is -1.81. The monoisotopic (exact) mass is 360 g/mol. The third kappa shape index (κ3) is 3.94. The molecule has 0 radical (unpaired) electrons. The Morgan fingerprint density at radius 3 is 2.15 bits per heavy atom. The lowest BCUT2D eigenvalue weighted by atomic mass is 10.3. The van der Waals surface area contributed by atoms with Crippen LogP contribution >= 0.6 is 28.1 Å². The lowest BCUT2D eigenvalue weighted by Gasteiger charge is -2.12. The molecule has 0 heterocycles. The lowest BCUT2D eigenvalue weighted by molar-refractivity contribution is 0.584. The highest BCUT2D eigenvalue weighted by Gasteiger charge is 2.06. The second-order valence-corrected chi connectivity index (χ2v) is 5.12. The van der Waals surface area contributed by atoms with E-state index in [-0.39, 0.29) is 10.8 Å². The molecule has 2 rings (SSSR count). The van der Waals surface area contributed by atoms with Gasteiger partial charge in [-0.3, -0.25) is 0 Å². The highest BCUT2D eigenvalue weighted by Crippen LogP contribution is 2.23. The summed E-state index contributed by atoms with van der Waals surface area (Å²) in [6.07, 6.45) is 0. The largest absolute Gasteiger partial charge is 0.332 e. The third-order valence-corrected chi connectivity index (χ3v) is 3.16. The van der Waals surface area contributed by atoms with Crippen LogP contribution in [0.4, 0.5) is 24.5 Å². The zero-order valence-electron chi connectivity index (χ0n) is 9.88. The minimum absolute atomic E-state index is 0.127. The standard InChI is InChI=1S/C13H8BrF3N2S/c14-11-6-7(15)1-2-12(11)19-13(20)18-10-4-8(16)3-9(17)5-10/h1-6H,(H2,18,19,20). The Bertz CT molecular complexity index is 644. The SMILES string of the molecule is Fc1cc(F)cc(NC(=S)Nc2ccc(F)cc2Br)c1. The average molecular weight is 361 g/mol. The predicted molar refractivity (Wildman–Crippen MR) is 80.3 cm³/mol. The fraction of sp³-hybridized carbons (Fsp3) is 0. The molecule has 0 aliphatic carbocycles. The van der Waals surface area contributed by atoms with Crippen molar-refractivity contribution in [3.63, 3.8) is 0 Å².